The van der Waals surface area contributed by atoms with Gasteiger partial charge in [-0.05, 0) is 41.8 Å². The van der Waals surface area contributed by atoms with E-state index in [9.17, 15) is 0 Å². The molecule has 0 aromatic heterocycles. The second kappa shape index (κ2) is 6.73. The number of hydrogen-bond donors (Lipinski definition) is 0. The molecular formula is C26H24O2. The summed E-state index contributed by atoms with van der Waals surface area (Å²) in [6.07, 6.45) is 1.08. The molecule has 140 valence electrons. The molecule has 0 spiro atoms. The largest absolute Gasteiger partial charge is 0.339 e. The van der Waals surface area contributed by atoms with E-state index in [-0.39, 0.29) is 12.2 Å². The lowest BCUT2D eigenvalue weighted by atomic mass is 9.88. The Morgan fingerprint density at radius 1 is 0.607 bits per heavy atom. The monoisotopic (exact) mass is 368 g/mol. The van der Waals surface area contributed by atoms with Crippen LogP contribution in [0.5, 0.6) is 0 Å². The molecule has 0 bridgehead atoms. The Morgan fingerprint density at radius 2 is 1.04 bits per heavy atom. The lowest BCUT2D eigenvalue weighted by Gasteiger charge is -2.44. The van der Waals surface area contributed by atoms with Crippen LogP contribution in [0.3, 0.4) is 0 Å². The first-order valence-corrected chi connectivity index (χ1v) is 9.99. The minimum atomic E-state index is -0.932. The van der Waals surface area contributed by atoms with E-state index in [1.165, 1.54) is 21.5 Å². The fraction of sp³-hybridized carbons (Fsp3) is 0.231. The van der Waals surface area contributed by atoms with Crippen molar-refractivity contribution in [3.63, 3.8) is 0 Å². The summed E-state index contributed by atoms with van der Waals surface area (Å²) in [6.45, 7) is 4.29. The summed E-state index contributed by atoms with van der Waals surface area (Å²) in [6, 6.07) is 29.7. The topological polar surface area (TPSA) is 18.5 Å². The van der Waals surface area contributed by atoms with Gasteiger partial charge < -0.3 is 9.47 Å². The van der Waals surface area contributed by atoms with Gasteiger partial charge in [0.05, 0.1) is 12.2 Å². The van der Waals surface area contributed by atoms with Crippen molar-refractivity contribution in [2.75, 3.05) is 0 Å². The molecule has 2 nitrogen and oxygen atoms in total. The van der Waals surface area contributed by atoms with Gasteiger partial charge >= 0.3 is 0 Å². The highest BCUT2D eigenvalue weighted by Crippen LogP contribution is 2.46. The third kappa shape index (κ3) is 2.72. The molecule has 4 aromatic rings. The van der Waals surface area contributed by atoms with E-state index in [0.29, 0.717) is 0 Å². The molecule has 28 heavy (non-hydrogen) atoms. The molecule has 2 heteroatoms. The van der Waals surface area contributed by atoms with Gasteiger partial charge in [0.25, 0.3) is 0 Å². The maximum absolute atomic E-state index is 6.71. The fourth-order valence-corrected chi connectivity index (χ4v) is 4.58. The Balaban J connectivity index is 1.86. The van der Waals surface area contributed by atoms with Crippen molar-refractivity contribution in [3.05, 3.63) is 96.1 Å². The summed E-state index contributed by atoms with van der Waals surface area (Å²) in [5.74, 6) is -0.932. The van der Waals surface area contributed by atoms with Crippen LogP contribution in [-0.2, 0) is 15.3 Å². The lowest BCUT2D eigenvalue weighted by Crippen LogP contribution is -2.46. The van der Waals surface area contributed by atoms with Crippen molar-refractivity contribution < 1.29 is 9.47 Å². The van der Waals surface area contributed by atoms with Gasteiger partial charge in [-0.2, -0.15) is 0 Å². The van der Waals surface area contributed by atoms with E-state index in [1.54, 1.807) is 0 Å². The SMILES string of the molecule is C[C@@H]1C[C@@H](C)OC(c2cccc3ccccc23)(c2cccc3ccccc23)O1. The minimum absolute atomic E-state index is 0.0988. The lowest BCUT2D eigenvalue weighted by molar-refractivity contribution is -0.296. The highest BCUT2D eigenvalue weighted by Gasteiger charge is 2.45. The molecule has 1 aliphatic rings. The van der Waals surface area contributed by atoms with Crippen LogP contribution in [0.25, 0.3) is 21.5 Å². The highest BCUT2D eigenvalue weighted by atomic mass is 16.7. The van der Waals surface area contributed by atoms with Gasteiger partial charge in [-0.3, -0.25) is 0 Å². The van der Waals surface area contributed by atoms with E-state index in [1.807, 2.05) is 0 Å². The van der Waals surface area contributed by atoms with E-state index >= 15 is 0 Å². The van der Waals surface area contributed by atoms with E-state index < -0.39 is 5.79 Å². The zero-order valence-electron chi connectivity index (χ0n) is 16.3. The normalized spacial score (nSPS) is 21.8. The number of benzene rings is 4. The van der Waals surface area contributed by atoms with E-state index in [0.717, 1.165) is 17.5 Å². The number of hydrogen-bond acceptors (Lipinski definition) is 2. The molecule has 0 saturated carbocycles. The van der Waals surface area contributed by atoms with E-state index in [2.05, 4.69) is 98.8 Å². The van der Waals surface area contributed by atoms with Gasteiger partial charge in [-0.25, -0.2) is 0 Å². The van der Waals surface area contributed by atoms with Crippen LogP contribution >= 0.6 is 0 Å². The quantitative estimate of drug-likeness (QED) is 0.407. The van der Waals surface area contributed by atoms with Gasteiger partial charge in [0, 0.05) is 11.1 Å². The maximum atomic E-state index is 6.71. The molecule has 4 aromatic carbocycles. The molecular weight excluding hydrogens is 344 g/mol. The van der Waals surface area contributed by atoms with E-state index in [4.69, 9.17) is 9.47 Å². The van der Waals surface area contributed by atoms with Gasteiger partial charge in [0.15, 0.2) is 0 Å². The second-order valence-electron chi connectivity index (χ2n) is 7.76. The summed E-state index contributed by atoms with van der Waals surface area (Å²) in [5.41, 5.74) is 2.14. The average molecular weight is 368 g/mol. The summed E-state index contributed by atoms with van der Waals surface area (Å²) in [5, 5.41) is 4.72. The zero-order valence-corrected chi connectivity index (χ0v) is 16.3. The van der Waals surface area contributed by atoms with Crippen LogP contribution in [0.1, 0.15) is 31.4 Å². The molecule has 0 radical (unpaired) electrons. The van der Waals surface area contributed by atoms with Crippen molar-refractivity contribution in [1.82, 2.24) is 0 Å². The molecule has 1 heterocycles. The Hall–Kier alpha value is -2.68. The van der Waals surface area contributed by atoms with Crippen LogP contribution in [0.2, 0.25) is 0 Å². The van der Waals surface area contributed by atoms with Crippen molar-refractivity contribution >= 4 is 21.5 Å². The highest BCUT2D eigenvalue weighted by molar-refractivity contribution is 5.90. The maximum Gasteiger partial charge on any atom is 0.224 e. The molecule has 1 aliphatic heterocycles. The second-order valence-corrected chi connectivity index (χ2v) is 7.76. The standard InChI is InChI=1S/C26H24O2/c1-18-17-19(2)28-26(27-18,24-15-7-11-20-9-3-5-13-22(20)24)25-16-8-12-21-10-4-6-14-23(21)25/h3-16,18-19H,17H2,1-2H3/t18-,19-/m1/s1. The molecule has 1 fully saturated rings. The molecule has 2 atom stereocenters. The summed E-state index contributed by atoms with van der Waals surface area (Å²) in [7, 11) is 0. The first kappa shape index (κ1) is 17.4. The number of fused-ring (bicyclic) bond motifs is 2. The Bertz CT molecular complexity index is 1050. The Labute approximate surface area is 165 Å². The third-order valence-corrected chi connectivity index (χ3v) is 5.69. The molecule has 0 unspecified atom stereocenters. The van der Waals surface area contributed by atoms with Crippen LogP contribution < -0.4 is 0 Å². The summed E-state index contributed by atoms with van der Waals surface area (Å²) < 4.78 is 13.4. The molecule has 5 rings (SSSR count). The van der Waals surface area contributed by atoms with Gasteiger partial charge in [0.2, 0.25) is 5.79 Å². The minimum Gasteiger partial charge on any atom is -0.339 e. The average Bonchev–Trinajstić information content (AvgIpc) is 2.72. The van der Waals surface area contributed by atoms with Crippen molar-refractivity contribution in [2.45, 2.75) is 38.3 Å². The van der Waals surface area contributed by atoms with Crippen molar-refractivity contribution in [2.24, 2.45) is 0 Å². The van der Waals surface area contributed by atoms with Gasteiger partial charge in [-0.1, -0.05) is 84.9 Å². The van der Waals surface area contributed by atoms with Crippen LogP contribution in [0.4, 0.5) is 0 Å². The number of ether oxygens (including phenoxy) is 2. The Kier molecular flexibility index (Phi) is 4.19. The summed E-state index contributed by atoms with van der Waals surface area (Å²) >= 11 is 0. The first-order chi connectivity index (χ1) is 13.7. The van der Waals surface area contributed by atoms with Crippen LogP contribution in [0.15, 0.2) is 84.9 Å². The summed E-state index contributed by atoms with van der Waals surface area (Å²) in [4.78, 5) is 0. The first-order valence-electron chi connectivity index (χ1n) is 9.99. The fourth-order valence-electron chi connectivity index (χ4n) is 4.58. The van der Waals surface area contributed by atoms with Gasteiger partial charge in [-0.15, -0.1) is 0 Å². The molecule has 0 N–H and O–H groups in total. The molecule has 0 aliphatic carbocycles. The smallest absolute Gasteiger partial charge is 0.224 e. The number of rotatable bonds is 2. The van der Waals surface area contributed by atoms with Crippen molar-refractivity contribution in [3.8, 4) is 0 Å². The molecule has 0 amide bonds. The van der Waals surface area contributed by atoms with Crippen molar-refractivity contribution in [1.29, 1.82) is 0 Å². The third-order valence-electron chi connectivity index (χ3n) is 5.69. The van der Waals surface area contributed by atoms with Gasteiger partial charge in [0.1, 0.15) is 0 Å². The predicted octanol–water partition coefficient (Wildman–Crippen LogP) is 6.41. The predicted molar refractivity (Wildman–Crippen MR) is 114 cm³/mol. The Morgan fingerprint density at radius 3 is 1.54 bits per heavy atom. The molecule has 1 saturated heterocycles. The zero-order chi connectivity index (χ0) is 19.1. The van der Waals surface area contributed by atoms with Crippen LogP contribution in [0, 0.1) is 0 Å². The van der Waals surface area contributed by atoms with Crippen LogP contribution in [-0.4, -0.2) is 12.2 Å².